The Hall–Kier alpha value is -1.31. The van der Waals surface area contributed by atoms with Gasteiger partial charge in [-0.05, 0) is 24.0 Å². The molecular formula is C14H20O2. The van der Waals surface area contributed by atoms with Gasteiger partial charge in [-0.1, -0.05) is 39.0 Å². The molecule has 0 unspecified atom stereocenters. The van der Waals surface area contributed by atoms with E-state index in [4.69, 9.17) is 4.74 Å². The van der Waals surface area contributed by atoms with Crippen LogP contribution in [0.15, 0.2) is 30.3 Å². The van der Waals surface area contributed by atoms with Gasteiger partial charge in [-0.2, -0.15) is 0 Å². The van der Waals surface area contributed by atoms with Crippen molar-refractivity contribution in [3.05, 3.63) is 30.3 Å². The average Bonchev–Trinajstić information content (AvgIpc) is 2.24. The first-order chi connectivity index (χ1) is 7.47. The molecule has 1 aromatic rings. The Bertz CT molecular complexity index is 322. The summed E-state index contributed by atoms with van der Waals surface area (Å²) in [5.74, 6) is 0.922. The number of carbonyl (C=O) groups excluding carboxylic acids is 1. The lowest BCUT2D eigenvalue weighted by atomic mass is 9.90. The summed E-state index contributed by atoms with van der Waals surface area (Å²) in [6.45, 7) is 6.59. The fourth-order valence-electron chi connectivity index (χ4n) is 1.27. The van der Waals surface area contributed by atoms with Crippen molar-refractivity contribution >= 4 is 5.78 Å². The van der Waals surface area contributed by atoms with Crippen molar-refractivity contribution in [3.63, 3.8) is 0 Å². The normalized spacial score (nSPS) is 11.2. The third kappa shape index (κ3) is 5.54. The van der Waals surface area contributed by atoms with Crippen molar-refractivity contribution < 1.29 is 9.53 Å². The minimum atomic E-state index is 0.166. The molecule has 0 saturated carbocycles. The third-order valence-electron chi connectivity index (χ3n) is 2.30. The lowest BCUT2D eigenvalue weighted by Gasteiger charge is -2.17. The van der Waals surface area contributed by atoms with Gasteiger partial charge in [0.05, 0.1) is 0 Å². The van der Waals surface area contributed by atoms with Crippen molar-refractivity contribution in [2.75, 3.05) is 6.61 Å². The molecule has 0 atom stereocenters. The monoisotopic (exact) mass is 220 g/mol. The number of rotatable bonds is 5. The predicted octanol–water partition coefficient (Wildman–Crippen LogP) is 3.46. The van der Waals surface area contributed by atoms with Crippen LogP contribution in [0.25, 0.3) is 0 Å². The molecule has 0 aliphatic rings. The molecule has 0 spiro atoms. The Morgan fingerprint density at radius 1 is 1.19 bits per heavy atom. The molecule has 0 aromatic heterocycles. The molecule has 0 heterocycles. The highest BCUT2D eigenvalue weighted by Crippen LogP contribution is 2.20. The van der Waals surface area contributed by atoms with E-state index < -0.39 is 0 Å². The Labute approximate surface area is 97.6 Å². The first kappa shape index (κ1) is 12.8. The van der Waals surface area contributed by atoms with Gasteiger partial charge in [0.15, 0.2) is 5.78 Å². The Morgan fingerprint density at radius 3 is 2.38 bits per heavy atom. The summed E-state index contributed by atoms with van der Waals surface area (Å²) in [4.78, 5) is 11.5. The fraction of sp³-hybridized carbons (Fsp3) is 0.500. The second-order valence-electron chi connectivity index (χ2n) is 5.20. The Balaban J connectivity index is 2.26. The topological polar surface area (TPSA) is 26.3 Å². The fourth-order valence-corrected chi connectivity index (χ4v) is 1.27. The van der Waals surface area contributed by atoms with E-state index in [-0.39, 0.29) is 17.8 Å². The maximum atomic E-state index is 11.5. The largest absolute Gasteiger partial charge is 0.486 e. The number of carbonyl (C=O) groups is 1. The molecule has 16 heavy (non-hydrogen) atoms. The highest BCUT2D eigenvalue weighted by molar-refractivity contribution is 5.79. The summed E-state index contributed by atoms with van der Waals surface area (Å²) in [5, 5.41) is 0. The minimum absolute atomic E-state index is 0.166. The molecule has 1 aromatic carbocycles. The van der Waals surface area contributed by atoms with E-state index in [0.717, 1.165) is 12.2 Å². The van der Waals surface area contributed by atoms with Gasteiger partial charge in [0.2, 0.25) is 0 Å². The average molecular weight is 220 g/mol. The van der Waals surface area contributed by atoms with Gasteiger partial charge in [0, 0.05) is 6.42 Å². The van der Waals surface area contributed by atoms with Crippen LogP contribution in [0.5, 0.6) is 5.75 Å². The molecule has 0 aliphatic carbocycles. The van der Waals surface area contributed by atoms with E-state index in [0.29, 0.717) is 6.42 Å². The van der Waals surface area contributed by atoms with Gasteiger partial charge in [-0.15, -0.1) is 0 Å². The zero-order valence-corrected chi connectivity index (χ0v) is 10.3. The van der Waals surface area contributed by atoms with Crippen LogP contribution in [0.4, 0.5) is 0 Å². The van der Waals surface area contributed by atoms with E-state index in [1.54, 1.807) is 0 Å². The SMILES string of the molecule is CC(C)(C)CCC(=O)COc1ccccc1. The van der Waals surface area contributed by atoms with E-state index in [2.05, 4.69) is 20.8 Å². The molecule has 0 bridgehead atoms. The number of hydrogen-bond acceptors (Lipinski definition) is 2. The van der Waals surface area contributed by atoms with E-state index >= 15 is 0 Å². The van der Waals surface area contributed by atoms with Gasteiger partial charge >= 0.3 is 0 Å². The molecule has 0 aliphatic heterocycles. The lowest BCUT2D eigenvalue weighted by molar-refractivity contribution is -0.121. The van der Waals surface area contributed by atoms with Gasteiger partial charge in [-0.25, -0.2) is 0 Å². The van der Waals surface area contributed by atoms with Crippen molar-refractivity contribution in [1.82, 2.24) is 0 Å². The predicted molar refractivity (Wildman–Crippen MR) is 65.6 cm³/mol. The van der Waals surface area contributed by atoms with Crippen LogP contribution in [0.3, 0.4) is 0 Å². The van der Waals surface area contributed by atoms with Gasteiger partial charge < -0.3 is 4.74 Å². The smallest absolute Gasteiger partial charge is 0.170 e. The molecule has 0 N–H and O–H groups in total. The number of ketones is 1. The van der Waals surface area contributed by atoms with Crippen LogP contribution in [0.1, 0.15) is 33.6 Å². The van der Waals surface area contributed by atoms with Crippen LogP contribution >= 0.6 is 0 Å². The molecule has 88 valence electrons. The van der Waals surface area contributed by atoms with Crippen molar-refractivity contribution in [2.45, 2.75) is 33.6 Å². The maximum absolute atomic E-state index is 11.5. The number of benzene rings is 1. The highest BCUT2D eigenvalue weighted by Gasteiger charge is 2.13. The summed E-state index contributed by atoms with van der Waals surface area (Å²) in [5.41, 5.74) is 0.211. The molecule has 0 amide bonds. The van der Waals surface area contributed by atoms with Gasteiger partial charge in [0.1, 0.15) is 12.4 Å². The van der Waals surface area contributed by atoms with Crippen LogP contribution in [0.2, 0.25) is 0 Å². The molecular weight excluding hydrogens is 200 g/mol. The summed E-state index contributed by atoms with van der Waals surface area (Å²) >= 11 is 0. The summed E-state index contributed by atoms with van der Waals surface area (Å²) < 4.78 is 5.38. The Kier molecular flexibility index (Phi) is 4.53. The first-order valence-electron chi connectivity index (χ1n) is 5.67. The van der Waals surface area contributed by atoms with Crippen LogP contribution in [-0.2, 0) is 4.79 Å². The Morgan fingerprint density at radius 2 is 1.81 bits per heavy atom. The van der Waals surface area contributed by atoms with Crippen LogP contribution < -0.4 is 4.74 Å². The number of Topliss-reactive ketones (excluding diaryl/α,β-unsaturated/α-hetero) is 1. The zero-order chi connectivity index (χ0) is 12.0. The second kappa shape index (κ2) is 5.69. The van der Waals surface area contributed by atoms with Gasteiger partial charge in [0.25, 0.3) is 0 Å². The highest BCUT2D eigenvalue weighted by atomic mass is 16.5. The van der Waals surface area contributed by atoms with Crippen molar-refractivity contribution in [1.29, 1.82) is 0 Å². The zero-order valence-electron chi connectivity index (χ0n) is 10.3. The molecule has 2 nitrogen and oxygen atoms in total. The van der Waals surface area contributed by atoms with Crippen LogP contribution in [0, 0.1) is 5.41 Å². The standard InChI is InChI=1S/C14H20O2/c1-14(2,3)10-9-12(15)11-16-13-7-5-4-6-8-13/h4-8H,9-11H2,1-3H3. The lowest BCUT2D eigenvalue weighted by Crippen LogP contribution is -2.14. The molecule has 0 fully saturated rings. The van der Waals surface area contributed by atoms with E-state index in [1.807, 2.05) is 30.3 Å². The minimum Gasteiger partial charge on any atom is -0.486 e. The van der Waals surface area contributed by atoms with Crippen LogP contribution in [-0.4, -0.2) is 12.4 Å². The number of para-hydroxylation sites is 1. The van der Waals surface area contributed by atoms with Crippen molar-refractivity contribution in [3.8, 4) is 5.75 Å². The first-order valence-corrected chi connectivity index (χ1v) is 5.67. The quantitative estimate of drug-likeness (QED) is 0.759. The van der Waals surface area contributed by atoms with E-state index in [1.165, 1.54) is 0 Å². The third-order valence-corrected chi connectivity index (χ3v) is 2.30. The number of hydrogen-bond donors (Lipinski definition) is 0. The summed E-state index contributed by atoms with van der Waals surface area (Å²) in [6.07, 6.45) is 1.50. The van der Waals surface area contributed by atoms with Gasteiger partial charge in [-0.3, -0.25) is 4.79 Å². The summed E-state index contributed by atoms with van der Waals surface area (Å²) in [6, 6.07) is 9.44. The maximum Gasteiger partial charge on any atom is 0.170 e. The number of ether oxygens (including phenoxy) is 1. The molecule has 1 rings (SSSR count). The molecule has 0 radical (unpaired) electrons. The second-order valence-corrected chi connectivity index (χ2v) is 5.20. The molecule has 2 heteroatoms. The van der Waals surface area contributed by atoms with E-state index in [9.17, 15) is 4.79 Å². The van der Waals surface area contributed by atoms with Crippen molar-refractivity contribution in [2.24, 2.45) is 5.41 Å². The molecule has 0 saturated heterocycles. The summed E-state index contributed by atoms with van der Waals surface area (Å²) in [7, 11) is 0.